The van der Waals surface area contributed by atoms with E-state index < -0.39 is 6.04 Å². The Balaban J connectivity index is 2.81. The van der Waals surface area contributed by atoms with E-state index in [4.69, 9.17) is 5.73 Å². The molecule has 1 aromatic carbocycles. The Morgan fingerprint density at radius 3 is 2.19 bits per heavy atom. The van der Waals surface area contributed by atoms with Crippen molar-refractivity contribution in [3.05, 3.63) is 35.9 Å². The lowest BCUT2D eigenvalue weighted by atomic mass is 10.0. The minimum absolute atomic E-state index is 0.248. The zero-order valence-corrected chi connectivity index (χ0v) is 10.1. The quantitative estimate of drug-likeness (QED) is 0.795. The minimum atomic E-state index is -0.404. The third kappa shape index (κ3) is 3.35. The van der Waals surface area contributed by atoms with Gasteiger partial charge < -0.3 is 5.73 Å². The Bertz CT molecular complexity index is 335. The molecule has 0 fully saturated rings. The number of nitrogens with one attached hydrogen (secondary N) is 1. The van der Waals surface area contributed by atoms with Crippen LogP contribution in [0.3, 0.4) is 0 Å². The number of nitrogens with two attached hydrogens (primary N) is 1. The molecule has 3 heteroatoms. The molecule has 88 valence electrons. The summed E-state index contributed by atoms with van der Waals surface area (Å²) in [6, 6.07) is 9.41. The lowest BCUT2D eigenvalue weighted by Gasteiger charge is -2.23. The van der Waals surface area contributed by atoms with Crippen LogP contribution >= 0.6 is 0 Å². The second kappa shape index (κ2) is 5.66. The smallest absolute Gasteiger partial charge is 0.239 e. The van der Waals surface area contributed by atoms with Crippen LogP contribution in [-0.4, -0.2) is 11.9 Å². The van der Waals surface area contributed by atoms with Gasteiger partial charge in [-0.15, -0.1) is 0 Å². The second-order valence-electron chi connectivity index (χ2n) is 4.45. The number of rotatable bonds is 5. The van der Waals surface area contributed by atoms with Crippen LogP contribution in [0.2, 0.25) is 0 Å². The van der Waals surface area contributed by atoms with Crippen LogP contribution in [0.4, 0.5) is 0 Å². The number of hydrogen-bond donors (Lipinski definition) is 2. The van der Waals surface area contributed by atoms with Crippen molar-refractivity contribution in [2.45, 2.75) is 32.9 Å². The second-order valence-corrected chi connectivity index (χ2v) is 4.45. The summed E-state index contributed by atoms with van der Waals surface area (Å²) in [4.78, 5) is 11.4. The molecule has 2 atom stereocenters. The highest BCUT2D eigenvalue weighted by molar-refractivity contribution is 5.81. The van der Waals surface area contributed by atoms with Gasteiger partial charge in [-0.1, -0.05) is 44.2 Å². The third-order valence-corrected chi connectivity index (χ3v) is 2.85. The van der Waals surface area contributed by atoms with Gasteiger partial charge in [-0.25, -0.2) is 0 Å². The molecule has 0 saturated heterocycles. The molecule has 16 heavy (non-hydrogen) atoms. The van der Waals surface area contributed by atoms with Crippen molar-refractivity contribution in [3.8, 4) is 0 Å². The van der Waals surface area contributed by atoms with Crippen molar-refractivity contribution in [3.63, 3.8) is 0 Å². The first kappa shape index (κ1) is 12.7. The van der Waals surface area contributed by atoms with Gasteiger partial charge in [0.2, 0.25) is 5.91 Å². The summed E-state index contributed by atoms with van der Waals surface area (Å²) in [5.74, 6) is 0.129. The van der Waals surface area contributed by atoms with Crippen molar-refractivity contribution in [1.29, 1.82) is 0 Å². The predicted molar refractivity (Wildman–Crippen MR) is 65.8 cm³/mol. The number of amides is 1. The number of primary amides is 1. The third-order valence-electron chi connectivity index (χ3n) is 2.85. The molecule has 0 saturated carbocycles. The molecule has 0 aromatic heterocycles. The lowest BCUT2D eigenvalue weighted by Crippen LogP contribution is -2.40. The molecule has 0 bridgehead atoms. The Kier molecular flexibility index (Phi) is 4.50. The highest BCUT2D eigenvalue weighted by Gasteiger charge is 2.20. The molecular formula is C13H20N2O. The number of benzene rings is 1. The maximum absolute atomic E-state index is 11.4. The molecule has 0 heterocycles. The monoisotopic (exact) mass is 220 g/mol. The maximum atomic E-state index is 11.4. The fourth-order valence-corrected chi connectivity index (χ4v) is 1.44. The minimum Gasteiger partial charge on any atom is -0.368 e. The Labute approximate surface area is 97.0 Å². The fourth-order valence-electron chi connectivity index (χ4n) is 1.44. The van der Waals surface area contributed by atoms with Crippen molar-refractivity contribution in [1.82, 2.24) is 5.32 Å². The van der Waals surface area contributed by atoms with E-state index in [1.54, 1.807) is 0 Å². The number of carbonyl (C=O) groups excluding carboxylic acids is 1. The molecule has 1 aromatic rings. The van der Waals surface area contributed by atoms with E-state index >= 15 is 0 Å². The van der Waals surface area contributed by atoms with Gasteiger partial charge in [0.05, 0.1) is 0 Å². The van der Waals surface area contributed by atoms with E-state index in [1.807, 2.05) is 30.3 Å². The summed E-state index contributed by atoms with van der Waals surface area (Å²) in [7, 11) is 0. The summed E-state index contributed by atoms with van der Waals surface area (Å²) in [5, 5.41) is 3.26. The predicted octanol–water partition coefficient (Wildman–Crippen LogP) is 1.85. The van der Waals surface area contributed by atoms with Crippen LogP contribution in [0, 0.1) is 5.92 Å². The van der Waals surface area contributed by atoms with Gasteiger partial charge in [-0.3, -0.25) is 10.1 Å². The molecule has 0 radical (unpaired) electrons. The first-order valence-electron chi connectivity index (χ1n) is 5.62. The van der Waals surface area contributed by atoms with Crippen LogP contribution in [0.1, 0.15) is 32.4 Å². The molecule has 0 aliphatic heterocycles. The summed E-state index contributed by atoms with van der Waals surface area (Å²) >= 11 is 0. The molecule has 3 nitrogen and oxygen atoms in total. The van der Waals surface area contributed by atoms with Crippen LogP contribution < -0.4 is 11.1 Å². The van der Waals surface area contributed by atoms with Crippen molar-refractivity contribution in [2.75, 3.05) is 0 Å². The van der Waals surface area contributed by atoms with Crippen LogP contribution in [0.25, 0.3) is 0 Å². The van der Waals surface area contributed by atoms with Gasteiger partial charge in [-0.05, 0) is 18.4 Å². The molecule has 0 aliphatic rings. The van der Waals surface area contributed by atoms with Crippen LogP contribution in [-0.2, 0) is 4.79 Å². The summed E-state index contributed by atoms with van der Waals surface area (Å²) in [5.41, 5.74) is 6.33. The standard InChI is InChI=1S/C13H20N2O/c1-9(2)10(3)15-12(13(14)16)11-7-5-4-6-8-11/h4-10,12,15H,1-3H3,(H2,14,16)/t10-,12+/m0/s1. The highest BCUT2D eigenvalue weighted by atomic mass is 16.1. The van der Waals surface area contributed by atoms with E-state index in [2.05, 4.69) is 26.1 Å². The normalized spacial score (nSPS) is 14.8. The average Bonchev–Trinajstić information content (AvgIpc) is 2.26. The van der Waals surface area contributed by atoms with Crippen LogP contribution in [0.5, 0.6) is 0 Å². The molecule has 0 aliphatic carbocycles. The summed E-state index contributed by atoms with van der Waals surface area (Å²) in [6.07, 6.45) is 0. The molecule has 1 amide bonds. The number of carbonyl (C=O) groups is 1. The Morgan fingerprint density at radius 2 is 1.75 bits per heavy atom. The van der Waals surface area contributed by atoms with Gasteiger partial charge in [0.25, 0.3) is 0 Å². The topological polar surface area (TPSA) is 55.1 Å². The van der Waals surface area contributed by atoms with E-state index in [1.165, 1.54) is 0 Å². The number of hydrogen-bond acceptors (Lipinski definition) is 2. The molecule has 0 unspecified atom stereocenters. The van der Waals surface area contributed by atoms with Crippen molar-refractivity contribution in [2.24, 2.45) is 11.7 Å². The first-order valence-corrected chi connectivity index (χ1v) is 5.62. The summed E-state index contributed by atoms with van der Waals surface area (Å²) in [6.45, 7) is 6.28. The zero-order chi connectivity index (χ0) is 12.1. The van der Waals surface area contributed by atoms with Gasteiger partial charge >= 0.3 is 0 Å². The molecular weight excluding hydrogens is 200 g/mol. The average molecular weight is 220 g/mol. The van der Waals surface area contributed by atoms with Gasteiger partial charge in [0, 0.05) is 6.04 Å². The van der Waals surface area contributed by atoms with Crippen molar-refractivity contribution >= 4 is 5.91 Å². The van der Waals surface area contributed by atoms with E-state index in [0.717, 1.165) is 5.56 Å². The van der Waals surface area contributed by atoms with E-state index in [9.17, 15) is 4.79 Å². The molecule has 1 rings (SSSR count). The highest BCUT2D eigenvalue weighted by Crippen LogP contribution is 2.14. The summed E-state index contributed by atoms with van der Waals surface area (Å²) < 4.78 is 0. The maximum Gasteiger partial charge on any atom is 0.239 e. The molecule has 3 N–H and O–H groups in total. The van der Waals surface area contributed by atoms with Gasteiger partial charge in [-0.2, -0.15) is 0 Å². The van der Waals surface area contributed by atoms with E-state index in [0.29, 0.717) is 5.92 Å². The fraction of sp³-hybridized carbons (Fsp3) is 0.462. The van der Waals surface area contributed by atoms with Crippen LogP contribution in [0.15, 0.2) is 30.3 Å². The Hall–Kier alpha value is -1.35. The van der Waals surface area contributed by atoms with E-state index in [-0.39, 0.29) is 11.9 Å². The van der Waals surface area contributed by atoms with Gasteiger partial charge in [0.1, 0.15) is 6.04 Å². The SMILES string of the molecule is CC(C)[C@H](C)N[C@@H](C(N)=O)c1ccccc1. The van der Waals surface area contributed by atoms with Crippen molar-refractivity contribution < 1.29 is 4.79 Å². The Morgan fingerprint density at radius 1 is 1.19 bits per heavy atom. The zero-order valence-electron chi connectivity index (χ0n) is 10.1. The lowest BCUT2D eigenvalue weighted by molar-refractivity contribution is -0.120. The first-order chi connectivity index (χ1) is 7.52. The largest absolute Gasteiger partial charge is 0.368 e. The van der Waals surface area contributed by atoms with Gasteiger partial charge in [0.15, 0.2) is 0 Å². The molecule has 0 spiro atoms.